The van der Waals surface area contributed by atoms with Gasteiger partial charge in [0.25, 0.3) is 0 Å². The molecule has 0 aromatic rings. The van der Waals surface area contributed by atoms with Crippen molar-refractivity contribution < 1.29 is 4.84 Å². The summed E-state index contributed by atoms with van der Waals surface area (Å²) < 4.78 is 0.981. The van der Waals surface area contributed by atoms with E-state index in [1.807, 2.05) is 0 Å². The lowest BCUT2D eigenvalue weighted by atomic mass is 9.99. The average Bonchev–Trinajstić information content (AvgIpc) is 2.55. The molecule has 0 aromatic carbocycles. The summed E-state index contributed by atoms with van der Waals surface area (Å²) in [6.07, 6.45) is 6.79. The molecule has 0 saturated heterocycles. The molecule has 0 radical (unpaired) electrons. The summed E-state index contributed by atoms with van der Waals surface area (Å²) in [6.45, 7) is 0. The third-order valence-corrected chi connectivity index (χ3v) is 3.05. The van der Waals surface area contributed by atoms with Gasteiger partial charge in [-0.25, -0.2) is 0 Å². The highest BCUT2D eigenvalue weighted by atomic mass is 79.9. The Morgan fingerprint density at radius 3 is 2.64 bits per heavy atom. The molecule has 1 aliphatic heterocycles. The van der Waals surface area contributed by atoms with Crippen molar-refractivity contribution in [3.8, 4) is 0 Å². The van der Waals surface area contributed by atoms with Gasteiger partial charge < -0.3 is 4.84 Å². The molecule has 1 unspecified atom stereocenters. The minimum atomic E-state index is 0.381. The molecule has 1 atom stereocenters. The standard InChI is InChI=1S/C8H12BrNO/c9-8-5-7(11-10-8)6-3-1-2-4-6/h6-7H,1-5H2. The predicted molar refractivity (Wildman–Crippen MR) is 47.8 cm³/mol. The van der Waals surface area contributed by atoms with E-state index in [-0.39, 0.29) is 0 Å². The summed E-state index contributed by atoms with van der Waals surface area (Å²) in [7, 11) is 0. The summed E-state index contributed by atoms with van der Waals surface area (Å²) in [6, 6.07) is 0. The lowest BCUT2D eigenvalue weighted by Gasteiger charge is -2.14. The molecule has 0 bridgehead atoms. The van der Waals surface area contributed by atoms with Crippen LogP contribution in [0.2, 0.25) is 0 Å². The van der Waals surface area contributed by atoms with E-state index in [1.54, 1.807) is 0 Å². The second-order valence-electron chi connectivity index (χ2n) is 3.36. The first-order valence-corrected chi connectivity index (χ1v) is 5.04. The van der Waals surface area contributed by atoms with Crippen LogP contribution in [0.5, 0.6) is 0 Å². The third kappa shape index (κ3) is 1.58. The topological polar surface area (TPSA) is 21.6 Å². The molecule has 2 rings (SSSR count). The predicted octanol–water partition coefficient (Wildman–Crippen LogP) is 2.67. The van der Waals surface area contributed by atoms with Gasteiger partial charge in [-0.15, -0.1) is 0 Å². The molecule has 2 aliphatic rings. The average molecular weight is 218 g/mol. The molecule has 0 N–H and O–H groups in total. The zero-order valence-electron chi connectivity index (χ0n) is 6.42. The van der Waals surface area contributed by atoms with E-state index >= 15 is 0 Å². The summed E-state index contributed by atoms with van der Waals surface area (Å²) >= 11 is 3.35. The van der Waals surface area contributed by atoms with Crippen molar-refractivity contribution >= 4 is 20.6 Å². The van der Waals surface area contributed by atoms with Crippen LogP contribution in [0.1, 0.15) is 32.1 Å². The van der Waals surface area contributed by atoms with Crippen LogP contribution in [0.3, 0.4) is 0 Å². The number of nitrogens with zero attached hydrogens (tertiary/aromatic N) is 1. The van der Waals surface area contributed by atoms with Gasteiger partial charge in [-0.05, 0) is 34.7 Å². The minimum Gasteiger partial charge on any atom is -0.391 e. The Balaban J connectivity index is 1.88. The van der Waals surface area contributed by atoms with Crippen LogP contribution in [-0.2, 0) is 4.84 Å². The second-order valence-corrected chi connectivity index (χ2v) is 4.28. The summed E-state index contributed by atoms with van der Waals surface area (Å²) in [5, 5.41) is 3.90. The van der Waals surface area contributed by atoms with Crippen LogP contribution in [0.15, 0.2) is 5.16 Å². The van der Waals surface area contributed by atoms with Gasteiger partial charge in [0, 0.05) is 6.42 Å². The Kier molecular flexibility index (Phi) is 2.16. The number of halogens is 1. The molecular weight excluding hydrogens is 206 g/mol. The van der Waals surface area contributed by atoms with Crippen LogP contribution < -0.4 is 0 Å². The SMILES string of the molecule is BrC1=NOC(C2CCCC2)C1. The number of oxime groups is 1. The highest BCUT2D eigenvalue weighted by Gasteiger charge is 2.30. The van der Waals surface area contributed by atoms with E-state index in [4.69, 9.17) is 4.84 Å². The number of hydrogen-bond donors (Lipinski definition) is 0. The van der Waals surface area contributed by atoms with Gasteiger partial charge in [0.15, 0.2) is 0 Å². The van der Waals surface area contributed by atoms with E-state index in [2.05, 4.69) is 21.1 Å². The van der Waals surface area contributed by atoms with E-state index < -0.39 is 0 Å². The summed E-state index contributed by atoms with van der Waals surface area (Å²) in [5.41, 5.74) is 0. The normalized spacial score (nSPS) is 32.1. The Morgan fingerprint density at radius 1 is 1.36 bits per heavy atom. The molecule has 1 heterocycles. The Labute approximate surface area is 75.1 Å². The molecule has 1 saturated carbocycles. The van der Waals surface area contributed by atoms with Crippen LogP contribution in [-0.4, -0.2) is 10.7 Å². The smallest absolute Gasteiger partial charge is 0.136 e. The van der Waals surface area contributed by atoms with Crippen molar-refractivity contribution in [1.29, 1.82) is 0 Å². The lowest BCUT2D eigenvalue weighted by molar-refractivity contribution is 0.0425. The first-order valence-electron chi connectivity index (χ1n) is 4.24. The van der Waals surface area contributed by atoms with Crippen molar-refractivity contribution in [1.82, 2.24) is 0 Å². The third-order valence-electron chi connectivity index (χ3n) is 2.58. The van der Waals surface area contributed by atoms with Gasteiger partial charge in [-0.1, -0.05) is 18.0 Å². The maximum Gasteiger partial charge on any atom is 0.136 e. The van der Waals surface area contributed by atoms with Crippen molar-refractivity contribution in [2.45, 2.75) is 38.2 Å². The van der Waals surface area contributed by atoms with Crippen LogP contribution in [0.25, 0.3) is 0 Å². The molecule has 62 valence electrons. The van der Waals surface area contributed by atoms with Gasteiger partial charge >= 0.3 is 0 Å². The van der Waals surface area contributed by atoms with E-state index in [0.29, 0.717) is 6.10 Å². The molecule has 2 nitrogen and oxygen atoms in total. The fourth-order valence-corrected chi connectivity index (χ4v) is 2.35. The van der Waals surface area contributed by atoms with Gasteiger partial charge in [0.05, 0.1) is 0 Å². The van der Waals surface area contributed by atoms with E-state index in [9.17, 15) is 0 Å². The maximum atomic E-state index is 5.29. The zero-order chi connectivity index (χ0) is 7.68. The first kappa shape index (κ1) is 7.59. The highest BCUT2D eigenvalue weighted by Crippen LogP contribution is 2.33. The number of hydrogen-bond acceptors (Lipinski definition) is 2. The fraction of sp³-hybridized carbons (Fsp3) is 0.875. The molecule has 0 aromatic heterocycles. The van der Waals surface area contributed by atoms with Gasteiger partial charge in [0.1, 0.15) is 10.7 Å². The van der Waals surface area contributed by atoms with Crippen molar-refractivity contribution in [2.24, 2.45) is 11.1 Å². The molecular formula is C8H12BrNO. The van der Waals surface area contributed by atoms with E-state index in [0.717, 1.165) is 17.0 Å². The summed E-state index contributed by atoms with van der Waals surface area (Å²) in [5.74, 6) is 0.772. The maximum absolute atomic E-state index is 5.29. The van der Waals surface area contributed by atoms with Crippen molar-refractivity contribution in [3.63, 3.8) is 0 Å². The van der Waals surface area contributed by atoms with E-state index in [1.165, 1.54) is 25.7 Å². The van der Waals surface area contributed by atoms with Gasteiger partial charge in [-0.3, -0.25) is 0 Å². The molecule has 3 heteroatoms. The zero-order valence-corrected chi connectivity index (χ0v) is 8.01. The Morgan fingerprint density at radius 2 is 2.09 bits per heavy atom. The highest BCUT2D eigenvalue weighted by molar-refractivity contribution is 9.18. The van der Waals surface area contributed by atoms with Crippen molar-refractivity contribution in [3.05, 3.63) is 0 Å². The summed E-state index contributed by atoms with van der Waals surface area (Å²) in [4.78, 5) is 5.29. The monoisotopic (exact) mass is 217 g/mol. The quantitative estimate of drug-likeness (QED) is 0.662. The Hall–Kier alpha value is -0.0500. The molecule has 0 spiro atoms. The van der Waals surface area contributed by atoms with Crippen LogP contribution >= 0.6 is 15.9 Å². The van der Waals surface area contributed by atoms with Gasteiger partial charge in [-0.2, -0.15) is 0 Å². The second kappa shape index (κ2) is 3.13. The number of rotatable bonds is 1. The largest absolute Gasteiger partial charge is 0.391 e. The van der Waals surface area contributed by atoms with Crippen LogP contribution in [0.4, 0.5) is 0 Å². The van der Waals surface area contributed by atoms with Crippen LogP contribution in [0, 0.1) is 5.92 Å². The Bertz CT molecular complexity index is 175. The molecule has 0 amide bonds. The molecule has 11 heavy (non-hydrogen) atoms. The van der Waals surface area contributed by atoms with Gasteiger partial charge in [0.2, 0.25) is 0 Å². The minimum absolute atomic E-state index is 0.381. The van der Waals surface area contributed by atoms with Crippen molar-refractivity contribution in [2.75, 3.05) is 0 Å². The molecule has 1 fully saturated rings. The molecule has 1 aliphatic carbocycles. The lowest BCUT2D eigenvalue weighted by Crippen LogP contribution is -2.16. The fourth-order valence-electron chi connectivity index (χ4n) is 1.95. The first-order chi connectivity index (χ1) is 5.36.